The smallest absolute Gasteiger partial charge is 0.326 e. The number of carboxylic acid groups (broad SMARTS) is 1. The van der Waals surface area contributed by atoms with E-state index in [0.29, 0.717) is 0 Å². The van der Waals surface area contributed by atoms with Crippen LogP contribution in [0.4, 0.5) is 0 Å². The van der Waals surface area contributed by atoms with Gasteiger partial charge < -0.3 is 37.6 Å². The van der Waals surface area contributed by atoms with Crippen LogP contribution < -0.4 is 27.4 Å². The summed E-state index contributed by atoms with van der Waals surface area (Å²) in [4.78, 5) is 58.4. The molecule has 0 radical (unpaired) electrons. The number of carboxylic acids is 1. The maximum Gasteiger partial charge on any atom is 0.326 e. The number of aliphatic hydroxyl groups is 1. The van der Waals surface area contributed by atoms with Gasteiger partial charge in [0.15, 0.2) is 0 Å². The summed E-state index contributed by atoms with van der Waals surface area (Å²) >= 11 is 7.81. The molecular weight excluding hydrogens is 414 g/mol. The molecule has 0 aliphatic carbocycles. The summed E-state index contributed by atoms with van der Waals surface area (Å²) in [6.07, 6.45) is -2.11. The molecule has 0 aromatic carbocycles. The van der Waals surface area contributed by atoms with Crippen molar-refractivity contribution in [3.63, 3.8) is 0 Å². The summed E-state index contributed by atoms with van der Waals surface area (Å²) in [7, 11) is 0. The molecule has 0 saturated heterocycles. The Balaban J connectivity index is 5.18. The van der Waals surface area contributed by atoms with Crippen LogP contribution in [0.15, 0.2) is 0 Å². The Bertz CT molecular complexity index is 605. The molecule has 5 unspecified atom stereocenters. The minimum absolute atomic E-state index is 0.0297. The highest BCUT2D eigenvalue weighted by molar-refractivity contribution is 7.80. The number of carbonyl (C=O) groups excluding carboxylic acids is 4. The average molecular weight is 440 g/mol. The zero-order valence-corrected chi connectivity index (χ0v) is 16.8. The highest BCUT2D eigenvalue weighted by Crippen LogP contribution is 2.00. The van der Waals surface area contributed by atoms with E-state index in [4.69, 9.17) is 16.6 Å². The Morgan fingerprint density at radius 2 is 1.46 bits per heavy atom. The highest BCUT2D eigenvalue weighted by atomic mass is 32.1. The molecule has 0 bridgehead atoms. The zero-order valence-electron chi connectivity index (χ0n) is 15.0. The predicted octanol–water partition coefficient (Wildman–Crippen LogP) is -4.03. The molecule has 9 N–H and O–H groups in total. The van der Waals surface area contributed by atoms with Gasteiger partial charge in [-0.25, -0.2) is 4.79 Å². The van der Waals surface area contributed by atoms with E-state index in [1.165, 1.54) is 6.92 Å². The van der Waals surface area contributed by atoms with Crippen molar-refractivity contribution in [3.05, 3.63) is 0 Å². The monoisotopic (exact) mass is 439 g/mol. The summed E-state index contributed by atoms with van der Waals surface area (Å²) in [6, 6.07) is -5.37. The summed E-state index contributed by atoms with van der Waals surface area (Å²) in [5, 5.41) is 25.3. The molecule has 14 heteroatoms. The third-order valence-electron chi connectivity index (χ3n) is 3.43. The molecule has 0 saturated carbocycles. The molecule has 0 aromatic rings. The molecule has 28 heavy (non-hydrogen) atoms. The molecule has 4 amide bonds. The van der Waals surface area contributed by atoms with E-state index in [1.807, 2.05) is 5.32 Å². The van der Waals surface area contributed by atoms with Crippen LogP contribution in [0.2, 0.25) is 0 Å². The zero-order chi connectivity index (χ0) is 22.0. The van der Waals surface area contributed by atoms with Crippen molar-refractivity contribution in [2.75, 3.05) is 11.5 Å². The van der Waals surface area contributed by atoms with Gasteiger partial charge in [-0.1, -0.05) is 0 Å². The normalized spacial score (nSPS) is 16.0. The molecular formula is C14H25N5O7S2. The number of thiol groups is 2. The van der Waals surface area contributed by atoms with Gasteiger partial charge in [0, 0.05) is 11.5 Å². The number of hydrogen-bond acceptors (Lipinski definition) is 9. The second-order valence-electron chi connectivity index (χ2n) is 5.83. The van der Waals surface area contributed by atoms with Crippen LogP contribution in [-0.2, 0) is 24.0 Å². The molecule has 0 fully saturated rings. The second kappa shape index (κ2) is 12.4. The van der Waals surface area contributed by atoms with Gasteiger partial charge in [-0.05, 0) is 6.92 Å². The minimum atomic E-state index is -1.64. The van der Waals surface area contributed by atoms with Gasteiger partial charge in [0.05, 0.1) is 18.6 Å². The number of nitrogens with one attached hydrogen (secondary N) is 3. The quantitative estimate of drug-likeness (QED) is 0.136. The molecule has 0 heterocycles. The van der Waals surface area contributed by atoms with Gasteiger partial charge in [-0.2, -0.15) is 25.3 Å². The van der Waals surface area contributed by atoms with E-state index in [0.717, 1.165) is 0 Å². The van der Waals surface area contributed by atoms with E-state index < -0.39 is 66.3 Å². The lowest BCUT2D eigenvalue weighted by Crippen LogP contribution is -2.60. The third-order valence-corrected chi connectivity index (χ3v) is 4.19. The molecule has 12 nitrogen and oxygen atoms in total. The number of aliphatic hydroxyl groups excluding tert-OH is 1. The predicted molar refractivity (Wildman–Crippen MR) is 105 cm³/mol. The van der Waals surface area contributed by atoms with Crippen LogP contribution in [0.3, 0.4) is 0 Å². The number of primary amides is 1. The van der Waals surface area contributed by atoms with Crippen molar-refractivity contribution in [1.29, 1.82) is 0 Å². The Labute approximate surface area is 172 Å². The van der Waals surface area contributed by atoms with E-state index >= 15 is 0 Å². The van der Waals surface area contributed by atoms with Gasteiger partial charge >= 0.3 is 5.97 Å². The third kappa shape index (κ3) is 8.77. The van der Waals surface area contributed by atoms with Crippen molar-refractivity contribution in [2.24, 2.45) is 11.5 Å². The van der Waals surface area contributed by atoms with Gasteiger partial charge in [0.2, 0.25) is 23.6 Å². The van der Waals surface area contributed by atoms with E-state index in [2.05, 4.69) is 35.9 Å². The first-order valence-electron chi connectivity index (χ1n) is 8.02. The van der Waals surface area contributed by atoms with E-state index in [1.54, 1.807) is 0 Å². The number of hydrogen-bond donors (Lipinski definition) is 9. The maximum atomic E-state index is 12.3. The lowest BCUT2D eigenvalue weighted by atomic mass is 10.1. The molecule has 0 rings (SSSR count). The molecule has 5 atom stereocenters. The van der Waals surface area contributed by atoms with Crippen LogP contribution in [0.1, 0.15) is 13.3 Å². The summed E-state index contributed by atoms with van der Waals surface area (Å²) in [6.45, 7) is 1.18. The van der Waals surface area contributed by atoms with Crippen LogP contribution >= 0.6 is 25.3 Å². The fourth-order valence-corrected chi connectivity index (χ4v) is 2.30. The fourth-order valence-electron chi connectivity index (χ4n) is 1.88. The molecule has 0 spiro atoms. The first-order valence-corrected chi connectivity index (χ1v) is 9.28. The Morgan fingerprint density at radius 3 is 1.86 bits per heavy atom. The van der Waals surface area contributed by atoms with E-state index in [-0.39, 0.29) is 11.5 Å². The minimum Gasteiger partial charge on any atom is -0.480 e. The van der Waals surface area contributed by atoms with Gasteiger partial charge in [-0.15, -0.1) is 0 Å². The number of rotatable bonds is 12. The lowest BCUT2D eigenvalue weighted by molar-refractivity contribution is -0.144. The van der Waals surface area contributed by atoms with Crippen molar-refractivity contribution < 1.29 is 34.2 Å². The number of amides is 4. The topological polar surface area (TPSA) is 214 Å². The van der Waals surface area contributed by atoms with Crippen molar-refractivity contribution >= 4 is 54.9 Å². The summed E-state index contributed by atoms with van der Waals surface area (Å²) in [5.41, 5.74) is 10.4. The lowest BCUT2D eigenvalue weighted by Gasteiger charge is -2.25. The Kier molecular flexibility index (Phi) is 11.5. The van der Waals surface area contributed by atoms with Gasteiger partial charge in [0.1, 0.15) is 18.1 Å². The van der Waals surface area contributed by atoms with Crippen molar-refractivity contribution in [1.82, 2.24) is 16.0 Å². The van der Waals surface area contributed by atoms with Gasteiger partial charge in [0.25, 0.3) is 0 Å². The van der Waals surface area contributed by atoms with E-state index in [9.17, 15) is 29.1 Å². The number of aliphatic carboxylic acids is 1. The number of nitrogens with two attached hydrogens (primary N) is 2. The first kappa shape index (κ1) is 26.0. The molecule has 160 valence electrons. The molecule has 0 aliphatic heterocycles. The maximum absolute atomic E-state index is 12.3. The van der Waals surface area contributed by atoms with Gasteiger partial charge in [-0.3, -0.25) is 19.2 Å². The number of carbonyl (C=O) groups is 5. The Morgan fingerprint density at radius 1 is 0.929 bits per heavy atom. The average Bonchev–Trinajstić information content (AvgIpc) is 2.61. The first-order chi connectivity index (χ1) is 12.9. The SMILES string of the molecule is CC(O)C(NC(=O)C(CS)NC(=O)C(N)CS)C(=O)NC(CC(N)=O)C(=O)O. The summed E-state index contributed by atoms with van der Waals surface area (Å²) in [5.74, 6) is -5.21. The summed E-state index contributed by atoms with van der Waals surface area (Å²) < 4.78 is 0. The van der Waals surface area contributed by atoms with Crippen molar-refractivity contribution in [2.45, 2.75) is 43.6 Å². The van der Waals surface area contributed by atoms with Crippen molar-refractivity contribution in [3.8, 4) is 0 Å². The second-order valence-corrected chi connectivity index (χ2v) is 6.56. The van der Waals surface area contributed by atoms with Crippen LogP contribution in [0.25, 0.3) is 0 Å². The van der Waals surface area contributed by atoms with Crippen LogP contribution in [0.5, 0.6) is 0 Å². The van der Waals surface area contributed by atoms with Crippen LogP contribution in [0, 0.1) is 0 Å². The highest BCUT2D eigenvalue weighted by Gasteiger charge is 2.32. The van der Waals surface area contributed by atoms with Crippen LogP contribution in [-0.4, -0.2) is 81.6 Å². The standard InChI is InChI=1S/C14H25N5O7S2/c1-5(20)10(13(24)17-7(14(25)26)2-9(16)21)19-12(23)8(4-28)18-11(22)6(15)3-27/h5-8,10,20,27-28H,2-4,15H2,1H3,(H2,16,21)(H,17,24)(H,18,22)(H,19,23)(H,25,26). The fraction of sp³-hybridized carbons (Fsp3) is 0.643. The largest absolute Gasteiger partial charge is 0.480 e. The Hall–Kier alpha value is -2.03. The molecule has 0 aromatic heterocycles. The molecule has 0 aliphatic rings.